The van der Waals surface area contributed by atoms with E-state index in [-0.39, 0.29) is 5.97 Å². The monoisotopic (exact) mass is 190 g/mol. The molecule has 0 aliphatic heterocycles. The highest BCUT2D eigenvalue weighted by Gasteiger charge is 2.04. The molecule has 0 heterocycles. The fourth-order valence-electron chi connectivity index (χ4n) is 1.18. The normalized spacial score (nSPS) is 10.4. The van der Waals surface area contributed by atoms with Gasteiger partial charge in [0.15, 0.2) is 0 Å². The van der Waals surface area contributed by atoms with Gasteiger partial charge in [0.25, 0.3) is 0 Å². The molecule has 14 heavy (non-hydrogen) atoms. The van der Waals surface area contributed by atoms with Crippen molar-refractivity contribution in [3.8, 4) is 0 Å². The van der Waals surface area contributed by atoms with E-state index in [1.54, 1.807) is 13.0 Å². The average Bonchev–Trinajstić information content (AvgIpc) is 2.19. The van der Waals surface area contributed by atoms with Gasteiger partial charge >= 0.3 is 5.97 Å². The van der Waals surface area contributed by atoms with Crippen LogP contribution in [0.2, 0.25) is 0 Å². The van der Waals surface area contributed by atoms with E-state index in [9.17, 15) is 4.79 Å². The van der Waals surface area contributed by atoms with Crippen LogP contribution in [0.1, 0.15) is 29.8 Å². The van der Waals surface area contributed by atoms with Crippen molar-refractivity contribution in [1.29, 1.82) is 0 Å². The van der Waals surface area contributed by atoms with Crippen molar-refractivity contribution in [2.75, 3.05) is 6.61 Å². The summed E-state index contributed by atoms with van der Waals surface area (Å²) < 4.78 is 4.90. The van der Waals surface area contributed by atoms with Crippen molar-refractivity contribution in [2.45, 2.75) is 13.8 Å². The zero-order chi connectivity index (χ0) is 10.4. The first-order chi connectivity index (χ1) is 6.77. The summed E-state index contributed by atoms with van der Waals surface area (Å²) in [4.78, 5) is 11.4. The lowest BCUT2D eigenvalue weighted by molar-refractivity contribution is 0.0526. The van der Waals surface area contributed by atoms with Crippen molar-refractivity contribution in [3.05, 3.63) is 41.5 Å². The van der Waals surface area contributed by atoms with Crippen LogP contribution < -0.4 is 0 Å². The lowest BCUT2D eigenvalue weighted by Gasteiger charge is -2.01. The Morgan fingerprint density at radius 3 is 2.93 bits per heavy atom. The molecule has 2 heteroatoms. The first-order valence-corrected chi connectivity index (χ1v) is 4.67. The molecule has 0 saturated heterocycles. The molecule has 1 rings (SSSR count). The molecule has 0 radical (unpaired) electrons. The molecule has 74 valence electrons. The first kappa shape index (κ1) is 10.5. The third-order valence-corrected chi connectivity index (χ3v) is 1.76. The molecule has 0 spiro atoms. The fraction of sp³-hybridized carbons (Fsp3) is 0.250. The highest BCUT2D eigenvalue weighted by molar-refractivity contribution is 5.90. The van der Waals surface area contributed by atoms with Gasteiger partial charge < -0.3 is 4.74 Å². The maximum Gasteiger partial charge on any atom is 0.338 e. The fourth-order valence-corrected chi connectivity index (χ4v) is 1.18. The smallest absolute Gasteiger partial charge is 0.338 e. The second-order valence-electron chi connectivity index (χ2n) is 2.85. The van der Waals surface area contributed by atoms with E-state index in [0.717, 1.165) is 5.56 Å². The van der Waals surface area contributed by atoms with E-state index in [2.05, 4.69) is 0 Å². The number of benzene rings is 1. The topological polar surface area (TPSA) is 26.3 Å². The van der Waals surface area contributed by atoms with Gasteiger partial charge in [-0.15, -0.1) is 0 Å². The third kappa shape index (κ3) is 2.73. The first-order valence-electron chi connectivity index (χ1n) is 4.67. The molecular weight excluding hydrogens is 176 g/mol. The van der Waals surface area contributed by atoms with Crippen LogP contribution in [-0.2, 0) is 4.74 Å². The molecule has 0 saturated carbocycles. The Morgan fingerprint density at radius 2 is 2.29 bits per heavy atom. The Kier molecular flexibility index (Phi) is 3.92. The molecule has 0 unspecified atom stereocenters. The van der Waals surface area contributed by atoms with E-state index >= 15 is 0 Å². The summed E-state index contributed by atoms with van der Waals surface area (Å²) in [5.41, 5.74) is 1.61. The second kappa shape index (κ2) is 5.22. The highest BCUT2D eigenvalue weighted by atomic mass is 16.5. The molecule has 0 bridgehead atoms. The van der Waals surface area contributed by atoms with Crippen molar-refractivity contribution in [1.82, 2.24) is 0 Å². The highest BCUT2D eigenvalue weighted by Crippen LogP contribution is 2.08. The van der Waals surface area contributed by atoms with Crippen molar-refractivity contribution in [3.63, 3.8) is 0 Å². The summed E-state index contributed by atoms with van der Waals surface area (Å²) in [6.45, 7) is 4.15. The van der Waals surface area contributed by atoms with Gasteiger partial charge in [0.2, 0.25) is 0 Å². The Balaban J connectivity index is 2.87. The van der Waals surface area contributed by atoms with E-state index < -0.39 is 0 Å². The predicted octanol–water partition coefficient (Wildman–Crippen LogP) is 2.90. The largest absolute Gasteiger partial charge is 0.462 e. The number of hydrogen-bond donors (Lipinski definition) is 0. The van der Waals surface area contributed by atoms with Crippen LogP contribution in [0.5, 0.6) is 0 Å². The van der Waals surface area contributed by atoms with Gasteiger partial charge in [-0.25, -0.2) is 4.79 Å². The minimum Gasteiger partial charge on any atom is -0.462 e. The molecule has 1 aromatic carbocycles. The van der Waals surface area contributed by atoms with Gasteiger partial charge in [-0.3, -0.25) is 0 Å². The minimum atomic E-state index is -0.265. The summed E-state index contributed by atoms with van der Waals surface area (Å²) in [6.07, 6.45) is 3.88. The van der Waals surface area contributed by atoms with Gasteiger partial charge in [-0.1, -0.05) is 24.3 Å². The molecular formula is C12H14O2. The Labute approximate surface area is 84.2 Å². The summed E-state index contributed by atoms with van der Waals surface area (Å²) >= 11 is 0. The zero-order valence-corrected chi connectivity index (χ0v) is 8.49. The standard InChI is InChI=1S/C12H14O2/c1-3-6-10-7-5-8-11(9-10)12(13)14-4-2/h3,5-9H,4H2,1-2H3. The Bertz CT molecular complexity index is 340. The molecule has 0 fully saturated rings. The van der Waals surface area contributed by atoms with Crippen LogP contribution in [-0.4, -0.2) is 12.6 Å². The van der Waals surface area contributed by atoms with Gasteiger partial charge in [-0.05, 0) is 31.5 Å². The summed E-state index contributed by atoms with van der Waals surface area (Å²) in [5.74, 6) is -0.265. The maximum atomic E-state index is 11.4. The van der Waals surface area contributed by atoms with E-state index in [1.807, 2.05) is 37.3 Å². The molecule has 1 aromatic rings. The summed E-state index contributed by atoms with van der Waals surface area (Å²) in [6, 6.07) is 7.37. The molecule has 0 amide bonds. The number of carbonyl (C=O) groups excluding carboxylic acids is 1. The lowest BCUT2D eigenvalue weighted by atomic mass is 10.1. The number of ether oxygens (including phenoxy) is 1. The predicted molar refractivity (Wildman–Crippen MR) is 57.1 cm³/mol. The quantitative estimate of drug-likeness (QED) is 0.685. The number of esters is 1. The van der Waals surface area contributed by atoms with Crippen LogP contribution in [0, 0.1) is 0 Å². The maximum absolute atomic E-state index is 11.4. The SMILES string of the molecule is CC=Cc1cccc(C(=O)OCC)c1. The zero-order valence-electron chi connectivity index (χ0n) is 8.49. The molecule has 0 atom stereocenters. The van der Waals surface area contributed by atoms with Crippen LogP contribution in [0.25, 0.3) is 6.08 Å². The van der Waals surface area contributed by atoms with Gasteiger partial charge in [0.1, 0.15) is 0 Å². The van der Waals surface area contributed by atoms with Crippen molar-refractivity contribution in [2.24, 2.45) is 0 Å². The summed E-state index contributed by atoms with van der Waals surface area (Å²) in [5, 5.41) is 0. The van der Waals surface area contributed by atoms with E-state index in [4.69, 9.17) is 4.74 Å². The van der Waals surface area contributed by atoms with Crippen LogP contribution in [0.4, 0.5) is 0 Å². The molecule has 0 aliphatic carbocycles. The van der Waals surface area contributed by atoms with Gasteiger partial charge in [0, 0.05) is 0 Å². The van der Waals surface area contributed by atoms with Gasteiger partial charge in [0.05, 0.1) is 12.2 Å². The molecule has 0 N–H and O–H groups in total. The lowest BCUT2D eigenvalue weighted by Crippen LogP contribution is -2.04. The Morgan fingerprint density at radius 1 is 1.50 bits per heavy atom. The second-order valence-corrected chi connectivity index (χ2v) is 2.85. The third-order valence-electron chi connectivity index (χ3n) is 1.76. The Hall–Kier alpha value is -1.57. The van der Waals surface area contributed by atoms with Crippen LogP contribution in [0.3, 0.4) is 0 Å². The van der Waals surface area contributed by atoms with Crippen molar-refractivity contribution >= 4 is 12.0 Å². The van der Waals surface area contributed by atoms with Crippen LogP contribution >= 0.6 is 0 Å². The number of allylic oxidation sites excluding steroid dienone is 1. The minimum absolute atomic E-state index is 0.265. The number of hydrogen-bond acceptors (Lipinski definition) is 2. The molecule has 2 nitrogen and oxygen atoms in total. The number of rotatable bonds is 3. The summed E-state index contributed by atoms with van der Waals surface area (Å²) in [7, 11) is 0. The van der Waals surface area contributed by atoms with Gasteiger partial charge in [-0.2, -0.15) is 0 Å². The molecule has 0 aromatic heterocycles. The van der Waals surface area contributed by atoms with Crippen LogP contribution in [0.15, 0.2) is 30.3 Å². The van der Waals surface area contributed by atoms with E-state index in [1.165, 1.54) is 0 Å². The van der Waals surface area contributed by atoms with Crippen molar-refractivity contribution < 1.29 is 9.53 Å². The average molecular weight is 190 g/mol. The number of carbonyl (C=O) groups is 1. The van der Waals surface area contributed by atoms with E-state index in [0.29, 0.717) is 12.2 Å². The molecule has 0 aliphatic rings.